The summed E-state index contributed by atoms with van der Waals surface area (Å²) in [5.74, 6) is 0.797. The summed E-state index contributed by atoms with van der Waals surface area (Å²) in [5.41, 5.74) is 0.912. The lowest BCUT2D eigenvalue weighted by Crippen LogP contribution is -2.27. The molecule has 0 unspecified atom stereocenters. The van der Waals surface area contributed by atoms with Gasteiger partial charge in [0, 0.05) is 32.6 Å². The first-order chi connectivity index (χ1) is 14.5. The zero-order valence-electron chi connectivity index (χ0n) is 16.2. The van der Waals surface area contributed by atoms with Gasteiger partial charge in [-0.1, -0.05) is 0 Å². The van der Waals surface area contributed by atoms with Gasteiger partial charge in [0.15, 0.2) is 0 Å². The third kappa shape index (κ3) is 4.07. The van der Waals surface area contributed by atoms with Crippen molar-refractivity contribution < 1.29 is 9.53 Å². The number of hydrogen-bond acceptors (Lipinski definition) is 7. The molecule has 4 aromatic heterocycles. The van der Waals surface area contributed by atoms with Gasteiger partial charge in [-0.3, -0.25) is 14.6 Å². The van der Waals surface area contributed by atoms with Crippen LogP contribution in [0.15, 0.2) is 66.0 Å². The largest absolute Gasteiger partial charge is 0.456 e. The van der Waals surface area contributed by atoms with Gasteiger partial charge in [-0.25, -0.2) is 4.98 Å². The Morgan fingerprint density at radius 3 is 2.63 bits per heavy atom. The number of carbonyl (C=O) groups excluding carboxylic acids is 1. The normalized spacial score (nSPS) is 10.6. The Balaban J connectivity index is 1.46. The van der Waals surface area contributed by atoms with Crippen LogP contribution in [0.1, 0.15) is 10.4 Å². The molecule has 30 heavy (non-hydrogen) atoms. The fourth-order valence-electron chi connectivity index (χ4n) is 2.68. The standard InChI is InChI=1S/C20H17N7O3/c1-26-9-3-4-15(20(26)29)19(28)24-18-6-5-14(11-22-18)30-13-7-8-21-16(10-13)17-12-23-27(2)25-17/h3-12H,1-2H3,(H,22,24,28). The summed E-state index contributed by atoms with van der Waals surface area (Å²) < 4.78 is 7.14. The molecule has 10 nitrogen and oxygen atoms in total. The molecule has 4 heterocycles. The monoisotopic (exact) mass is 403 g/mol. The zero-order chi connectivity index (χ0) is 21.1. The summed E-state index contributed by atoms with van der Waals surface area (Å²) >= 11 is 0. The Kier molecular flexibility index (Phi) is 5.04. The Labute approximate surface area is 170 Å². The van der Waals surface area contributed by atoms with Crippen molar-refractivity contribution in [1.29, 1.82) is 0 Å². The molecule has 150 valence electrons. The number of nitrogens with one attached hydrogen (secondary N) is 1. The molecule has 1 N–H and O–H groups in total. The first-order valence-corrected chi connectivity index (χ1v) is 8.93. The quantitative estimate of drug-likeness (QED) is 0.542. The van der Waals surface area contributed by atoms with Crippen LogP contribution in [0, 0.1) is 0 Å². The topological polar surface area (TPSA) is 117 Å². The van der Waals surface area contributed by atoms with Crippen molar-refractivity contribution in [3.8, 4) is 22.9 Å². The molecule has 0 saturated carbocycles. The Hall–Kier alpha value is -4.34. The number of amides is 1. The molecule has 0 aliphatic heterocycles. The summed E-state index contributed by atoms with van der Waals surface area (Å²) in [6, 6.07) is 9.79. The lowest BCUT2D eigenvalue weighted by molar-refractivity contribution is 0.102. The molecule has 0 atom stereocenters. The second-order valence-corrected chi connectivity index (χ2v) is 6.37. The van der Waals surface area contributed by atoms with Crippen LogP contribution in [0.25, 0.3) is 11.4 Å². The number of hydrogen-bond donors (Lipinski definition) is 1. The van der Waals surface area contributed by atoms with Crippen molar-refractivity contribution in [3.05, 3.63) is 77.1 Å². The molecule has 0 bridgehead atoms. The zero-order valence-corrected chi connectivity index (χ0v) is 16.2. The van der Waals surface area contributed by atoms with Gasteiger partial charge in [-0.15, -0.1) is 0 Å². The smallest absolute Gasteiger partial charge is 0.263 e. The predicted octanol–water partition coefficient (Wildman–Crippen LogP) is 2.02. The summed E-state index contributed by atoms with van der Waals surface area (Å²) in [6.45, 7) is 0. The molecule has 0 aromatic carbocycles. The molecule has 0 saturated heterocycles. The van der Waals surface area contributed by atoms with E-state index in [4.69, 9.17) is 4.74 Å². The van der Waals surface area contributed by atoms with Crippen LogP contribution in [-0.4, -0.2) is 35.4 Å². The van der Waals surface area contributed by atoms with E-state index in [1.54, 1.807) is 63.0 Å². The highest BCUT2D eigenvalue weighted by atomic mass is 16.5. The molecular weight excluding hydrogens is 386 g/mol. The lowest BCUT2D eigenvalue weighted by Gasteiger charge is -2.08. The third-order valence-electron chi connectivity index (χ3n) is 4.18. The highest BCUT2D eigenvalue weighted by molar-refractivity contribution is 6.03. The van der Waals surface area contributed by atoms with Crippen molar-refractivity contribution in [3.63, 3.8) is 0 Å². The minimum Gasteiger partial charge on any atom is -0.456 e. The van der Waals surface area contributed by atoms with E-state index in [-0.39, 0.29) is 11.1 Å². The summed E-state index contributed by atoms with van der Waals surface area (Å²) in [6.07, 6.45) is 6.28. The molecule has 0 aliphatic rings. The molecule has 0 aliphatic carbocycles. The van der Waals surface area contributed by atoms with Crippen molar-refractivity contribution in [2.24, 2.45) is 14.1 Å². The highest BCUT2D eigenvalue weighted by Gasteiger charge is 2.12. The van der Waals surface area contributed by atoms with Gasteiger partial charge in [0.05, 0.1) is 18.1 Å². The molecule has 10 heteroatoms. The van der Waals surface area contributed by atoms with Gasteiger partial charge in [0.1, 0.15) is 28.6 Å². The molecule has 0 fully saturated rings. The van der Waals surface area contributed by atoms with Crippen LogP contribution in [-0.2, 0) is 14.1 Å². The number of ether oxygens (including phenoxy) is 1. The average Bonchev–Trinajstić information content (AvgIpc) is 3.18. The molecule has 4 aromatic rings. The van der Waals surface area contributed by atoms with Gasteiger partial charge >= 0.3 is 0 Å². The second-order valence-electron chi connectivity index (χ2n) is 6.37. The number of carbonyl (C=O) groups is 1. The van der Waals surface area contributed by atoms with Crippen LogP contribution < -0.4 is 15.6 Å². The molecule has 0 radical (unpaired) electrons. The van der Waals surface area contributed by atoms with Gasteiger partial charge in [0.25, 0.3) is 11.5 Å². The number of rotatable bonds is 5. The van der Waals surface area contributed by atoms with Crippen molar-refractivity contribution in [2.75, 3.05) is 5.32 Å². The SMILES string of the molecule is Cn1ncc(-c2cc(Oc3ccc(NC(=O)c4cccn(C)c4=O)nc3)ccn2)n1. The van der Waals surface area contributed by atoms with E-state index >= 15 is 0 Å². The fourth-order valence-corrected chi connectivity index (χ4v) is 2.68. The molecule has 1 amide bonds. The molecule has 4 rings (SSSR count). The number of pyridine rings is 3. The van der Waals surface area contributed by atoms with Gasteiger partial charge in [-0.2, -0.15) is 15.0 Å². The number of aryl methyl sites for hydroxylation is 2. The van der Waals surface area contributed by atoms with Crippen LogP contribution in [0.4, 0.5) is 5.82 Å². The molecular formula is C20H17N7O3. The summed E-state index contributed by atoms with van der Waals surface area (Å²) in [4.78, 5) is 34.2. The van der Waals surface area contributed by atoms with Crippen LogP contribution in [0.2, 0.25) is 0 Å². The van der Waals surface area contributed by atoms with Crippen molar-refractivity contribution in [2.45, 2.75) is 0 Å². The van der Waals surface area contributed by atoms with E-state index in [0.717, 1.165) is 0 Å². The predicted molar refractivity (Wildman–Crippen MR) is 108 cm³/mol. The lowest BCUT2D eigenvalue weighted by atomic mass is 10.2. The molecule has 0 spiro atoms. The maximum absolute atomic E-state index is 12.3. The van der Waals surface area contributed by atoms with E-state index in [1.807, 2.05) is 0 Å². The first kappa shape index (κ1) is 19.0. The maximum atomic E-state index is 12.3. The van der Waals surface area contributed by atoms with Gasteiger partial charge in [-0.05, 0) is 30.3 Å². The number of nitrogens with zero attached hydrogens (tertiary/aromatic N) is 6. The second kappa shape index (κ2) is 7.95. The summed E-state index contributed by atoms with van der Waals surface area (Å²) in [5, 5.41) is 10.9. The van der Waals surface area contributed by atoms with E-state index in [0.29, 0.717) is 28.7 Å². The fraction of sp³-hybridized carbons (Fsp3) is 0.100. The minimum absolute atomic E-state index is 0.0375. The van der Waals surface area contributed by atoms with Crippen LogP contribution >= 0.6 is 0 Å². The van der Waals surface area contributed by atoms with E-state index in [1.165, 1.54) is 21.6 Å². The Morgan fingerprint density at radius 1 is 1.03 bits per heavy atom. The Morgan fingerprint density at radius 2 is 1.90 bits per heavy atom. The number of anilines is 1. The number of aromatic nitrogens is 6. The van der Waals surface area contributed by atoms with E-state index < -0.39 is 5.91 Å². The van der Waals surface area contributed by atoms with Crippen LogP contribution in [0.5, 0.6) is 11.5 Å². The van der Waals surface area contributed by atoms with Gasteiger partial charge in [0.2, 0.25) is 0 Å². The highest BCUT2D eigenvalue weighted by Crippen LogP contribution is 2.24. The van der Waals surface area contributed by atoms with Crippen molar-refractivity contribution >= 4 is 11.7 Å². The van der Waals surface area contributed by atoms with Gasteiger partial charge < -0.3 is 14.6 Å². The summed E-state index contributed by atoms with van der Waals surface area (Å²) in [7, 11) is 3.31. The third-order valence-corrected chi connectivity index (χ3v) is 4.18. The van der Waals surface area contributed by atoms with E-state index in [2.05, 4.69) is 25.5 Å². The first-order valence-electron chi connectivity index (χ1n) is 8.93. The maximum Gasteiger partial charge on any atom is 0.263 e. The Bertz CT molecular complexity index is 1260. The van der Waals surface area contributed by atoms with Crippen LogP contribution in [0.3, 0.4) is 0 Å². The minimum atomic E-state index is -0.528. The van der Waals surface area contributed by atoms with E-state index in [9.17, 15) is 9.59 Å². The van der Waals surface area contributed by atoms with Crippen molar-refractivity contribution in [1.82, 2.24) is 29.5 Å². The average molecular weight is 403 g/mol.